The Kier molecular flexibility index (Phi) is 6.78. The Bertz CT molecular complexity index is 455. The smallest absolute Gasteiger partial charge is 0.161 e. The van der Waals surface area contributed by atoms with E-state index in [2.05, 4.69) is 15.9 Å². The lowest BCUT2D eigenvalue weighted by Gasteiger charge is -2.25. The molecule has 0 aliphatic rings. The van der Waals surface area contributed by atoms with Gasteiger partial charge in [0.05, 0.1) is 28.9 Å². The van der Waals surface area contributed by atoms with Crippen molar-refractivity contribution in [1.82, 2.24) is 0 Å². The van der Waals surface area contributed by atoms with E-state index in [0.717, 1.165) is 0 Å². The van der Waals surface area contributed by atoms with Gasteiger partial charge < -0.3 is 14.4 Å². The highest BCUT2D eigenvalue weighted by Gasteiger charge is 2.16. The zero-order valence-electron chi connectivity index (χ0n) is 10.9. The number of hydrogen-bond acceptors (Lipinski definition) is 4. The molecular formula is C13H16BrFN2O2. The Hall–Kier alpha value is -1.16. The number of ether oxygens (including phenoxy) is 2. The molecule has 0 N–H and O–H groups in total. The van der Waals surface area contributed by atoms with Gasteiger partial charge in [0.25, 0.3) is 0 Å². The number of anilines is 1. The third kappa shape index (κ3) is 4.16. The van der Waals surface area contributed by atoms with Gasteiger partial charge in [0.2, 0.25) is 0 Å². The normalized spacial score (nSPS) is 10.3. The van der Waals surface area contributed by atoms with Crippen molar-refractivity contribution in [2.45, 2.75) is 0 Å². The van der Waals surface area contributed by atoms with E-state index in [-0.39, 0.29) is 10.0 Å². The average molecular weight is 331 g/mol. The third-order valence-corrected chi connectivity index (χ3v) is 3.43. The second-order valence-corrected chi connectivity index (χ2v) is 4.64. The molecule has 0 saturated carbocycles. The lowest BCUT2D eigenvalue weighted by Crippen LogP contribution is -2.31. The molecule has 19 heavy (non-hydrogen) atoms. The van der Waals surface area contributed by atoms with Gasteiger partial charge >= 0.3 is 0 Å². The highest BCUT2D eigenvalue weighted by atomic mass is 79.9. The Morgan fingerprint density at radius 1 is 1.26 bits per heavy atom. The van der Waals surface area contributed by atoms with Gasteiger partial charge in [-0.05, 0) is 28.1 Å². The first-order chi connectivity index (χ1) is 9.15. The maximum atomic E-state index is 14.2. The Morgan fingerprint density at radius 2 is 1.84 bits per heavy atom. The molecule has 1 rings (SSSR count). The van der Waals surface area contributed by atoms with Gasteiger partial charge in [0.1, 0.15) is 6.07 Å². The number of methoxy groups -OCH3 is 2. The molecule has 0 aliphatic carbocycles. The topological polar surface area (TPSA) is 45.5 Å². The molecule has 0 aromatic heterocycles. The van der Waals surface area contributed by atoms with E-state index >= 15 is 0 Å². The van der Waals surface area contributed by atoms with Crippen LogP contribution in [0.2, 0.25) is 0 Å². The predicted octanol–water partition coefficient (Wildman–Crippen LogP) is 2.56. The summed E-state index contributed by atoms with van der Waals surface area (Å²) in [5.74, 6) is -0.439. The summed E-state index contributed by atoms with van der Waals surface area (Å²) in [6, 6.07) is 5.13. The summed E-state index contributed by atoms with van der Waals surface area (Å²) in [4.78, 5) is 1.83. The molecule has 1 aromatic rings. The number of rotatable bonds is 7. The second kappa shape index (κ2) is 8.10. The van der Waals surface area contributed by atoms with Crippen molar-refractivity contribution in [2.24, 2.45) is 0 Å². The van der Waals surface area contributed by atoms with E-state index in [4.69, 9.17) is 14.7 Å². The van der Waals surface area contributed by atoms with Crippen LogP contribution in [0, 0.1) is 17.1 Å². The molecule has 0 saturated heterocycles. The minimum Gasteiger partial charge on any atom is -0.383 e. The van der Waals surface area contributed by atoms with Crippen LogP contribution < -0.4 is 4.90 Å². The monoisotopic (exact) mass is 330 g/mol. The Balaban J connectivity index is 3.01. The van der Waals surface area contributed by atoms with E-state index < -0.39 is 5.82 Å². The van der Waals surface area contributed by atoms with Gasteiger partial charge in [-0.1, -0.05) is 0 Å². The molecule has 0 spiro atoms. The lowest BCUT2D eigenvalue weighted by molar-refractivity contribution is 0.190. The summed E-state index contributed by atoms with van der Waals surface area (Å²) in [6.07, 6.45) is 0. The maximum absolute atomic E-state index is 14.2. The van der Waals surface area contributed by atoms with E-state index in [1.807, 2.05) is 11.0 Å². The fourth-order valence-electron chi connectivity index (χ4n) is 1.63. The molecule has 0 amide bonds. The van der Waals surface area contributed by atoms with Crippen molar-refractivity contribution >= 4 is 21.6 Å². The van der Waals surface area contributed by atoms with Crippen molar-refractivity contribution in [3.8, 4) is 6.07 Å². The molecule has 0 heterocycles. The summed E-state index contributed by atoms with van der Waals surface area (Å²) in [5.41, 5.74) is 0.708. The second-order valence-electron chi connectivity index (χ2n) is 3.84. The largest absolute Gasteiger partial charge is 0.383 e. The van der Waals surface area contributed by atoms with Crippen LogP contribution in [0.4, 0.5) is 10.1 Å². The maximum Gasteiger partial charge on any atom is 0.161 e. The first-order valence-electron chi connectivity index (χ1n) is 5.76. The van der Waals surface area contributed by atoms with Gasteiger partial charge in [-0.25, -0.2) is 4.39 Å². The third-order valence-electron chi connectivity index (χ3n) is 2.65. The van der Waals surface area contributed by atoms with Crippen LogP contribution in [0.3, 0.4) is 0 Å². The van der Waals surface area contributed by atoms with E-state index in [0.29, 0.717) is 32.0 Å². The Labute approximate surface area is 120 Å². The van der Waals surface area contributed by atoms with E-state index in [1.165, 1.54) is 0 Å². The summed E-state index contributed by atoms with van der Waals surface area (Å²) in [7, 11) is 3.19. The number of hydrogen-bond donors (Lipinski definition) is 0. The molecule has 0 bridgehead atoms. The summed E-state index contributed by atoms with van der Waals surface area (Å²) in [5, 5.41) is 8.85. The van der Waals surface area contributed by atoms with Gasteiger partial charge in [0.15, 0.2) is 5.82 Å². The zero-order valence-corrected chi connectivity index (χ0v) is 12.5. The van der Waals surface area contributed by atoms with Gasteiger partial charge in [-0.15, -0.1) is 0 Å². The van der Waals surface area contributed by atoms with Crippen LogP contribution in [0.5, 0.6) is 0 Å². The fourth-order valence-corrected chi connectivity index (χ4v) is 2.05. The van der Waals surface area contributed by atoms with Gasteiger partial charge in [-0.3, -0.25) is 0 Å². The van der Waals surface area contributed by atoms with Gasteiger partial charge in [0, 0.05) is 27.3 Å². The highest BCUT2D eigenvalue weighted by molar-refractivity contribution is 9.10. The number of nitrogens with zero attached hydrogens (tertiary/aromatic N) is 2. The first-order valence-corrected chi connectivity index (χ1v) is 6.56. The van der Waals surface area contributed by atoms with Crippen molar-refractivity contribution < 1.29 is 13.9 Å². The average Bonchev–Trinajstić information content (AvgIpc) is 2.43. The number of nitriles is 1. The lowest BCUT2D eigenvalue weighted by atomic mass is 10.2. The predicted molar refractivity (Wildman–Crippen MR) is 74.8 cm³/mol. The minimum atomic E-state index is -0.439. The van der Waals surface area contributed by atoms with Crippen LogP contribution >= 0.6 is 15.9 Å². The number of benzene rings is 1. The molecule has 0 unspecified atom stereocenters. The molecule has 104 valence electrons. The molecule has 0 atom stereocenters. The van der Waals surface area contributed by atoms with Crippen molar-refractivity contribution in [3.05, 3.63) is 28.0 Å². The van der Waals surface area contributed by atoms with Crippen LogP contribution in [-0.4, -0.2) is 40.5 Å². The Morgan fingerprint density at radius 3 is 2.32 bits per heavy atom. The summed E-state index contributed by atoms with van der Waals surface area (Å²) < 4.78 is 24.5. The molecular weight excluding hydrogens is 315 g/mol. The van der Waals surface area contributed by atoms with Crippen LogP contribution in [0.15, 0.2) is 16.6 Å². The SMILES string of the molecule is COCCN(CCOC)c1ccc(C#N)c(Br)c1F. The minimum absolute atomic E-state index is 0.187. The molecule has 4 nitrogen and oxygen atoms in total. The van der Waals surface area contributed by atoms with Crippen molar-refractivity contribution in [3.63, 3.8) is 0 Å². The summed E-state index contributed by atoms with van der Waals surface area (Å²) >= 11 is 3.11. The first kappa shape index (κ1) is 15.9. The van der Waals surface area contributed by atoms with Crippen molar-refractivity contribution in [2.75, 3.05) is 45.4 Å². The molecule has 0 radical (unpaired) electrons. The standard InChI is InChI=1S/C13H16BrFN2O2/c1-18-7-5-17(6-8-19-2)11-4-3-10(9-16)12(14)13(11)15/h3-4H,5-8H2,1-2H3. The fraction of sp³-hybridized carbons (Fsp3) is 0.462. The molecule has 0 aliphatic heterocycles. The highest BCUT2D eigenvalue weighted by Crippen LogP contribution is 2.29. The van der Waals surface area contributed by atoms with Gasteiger partial charge in [-0.2, -0.15) is 5.26 Å². The molecule has 6 heteroatoms. The van der Waals surface area contributed by atoms with E-state index in [9.17, 15) is 4.39 Å². The summed E-state index contributed by atoms with van der Waals surface area (Å²) in [6.45, 7) is 2.08. The van der Waals surface area contributed by atoms with Crippen molar-refractivity contribution in [1.29, 1.82) is 5.26 Å². The zero-order chi connectivity index (χ0) is 14.3. The molecule has 1 aromatic carbocycles. The quantitative estimate of drug-likeness (QED) is 0.770. The van der Waals surface area contributed by atoms with Crippen LogP contribution in [-0.2, 0) is 9.47 Å². The van der Waals surface area contributed by atoms with Crippen LogP contribution in [0.25, 0.3) is 0 Å². The van der Waals surface area contributed by atoms with Crippen LogP contribution in [0.1, 0.15) is 5.56 Å². The van der Waals surface area contributed by atoms with E-state index in [1.54, 1.807) is 26.4 Å². The number of halogens is 2. The molecule has 0 fully saturated rings.